The first kappa shape index (κ1) is 21.2. The number of hydrogen-bond donors (Lipinski definition) is 2. The standard InChI is InChI=1S/C21H18BrClN6O2/c22-19-12-25-29(13-24)20(19)14-9-17(11-18(10-14)28-5-7-31-8-6-28)27-21(30)26-16-3-1-15(23)2-4-16/h1-4,9-12H,5-8H2,(H2,26,27,30). The second kappa shape index (κ2) is 9.39. The molecule has 4 rings (SSSR count). The van der Waals surface area contributed by atoms with E-state index in [2.05, 4.69) is 36.6 Å². The van der Waals surface area contributed by atoms with Gasteiger partial charge < -0.3 is 20.3 Å². The summed E-state index contributed by atoms with van der Waals surface area (Å²) in [6.45, 7) is 2.73. The van der Waals surface area contributed by atoms with E-state index in [0.29, 0.717) is 39.8 Å². The molecule has 0 aliphatic carbocycles. The van der Waals surface area contributed by atoms with Crippen molar-refractivity contribution in [1.29, 1.82) is 5.26 Å². The van der Waals surface area contributed by atoms with Gasteiger partial charge in [-0.3, -0.25) is 0 Å². The maximum Gasteiger partial charge on any atom is 0.323 e. The van der Waals surface area contributed by atoms with Crippen molar-refractivity contribution < 1.29 is 9.53 Å². The van der Waals surface area contributed by atoms with Crippen LogP contribution in [0.15, 0.2) is 53.1 Å². The average molecular weight is 502 g/mol. The van der Waals surface area contributed by atoms with Crippen LogP contribution >= 0.6 is 27.5 Å². The Morgan fingerprint density at radius 3 is 2.55 bits per heavy atom. The molecule has 2 aromatic carbocycles. The second-order valence-electron chi connectivity index (χ2n) is 6.81. The number of benzene rings is 2. The van der Waals surface area contributed by atoms with Gasteiger partial charge in [-0.2, -0.15) is 15.0 Å². The average Bonchev–Trinajstić information content (AvgIpc) is 3.16. The highest BCUT2D eigenvalue weighted by Gasteiger charge is 2.18. The van der Waals surface area contributed by atoms with Crippen LogP contribution in [-0.4, -0.2) is 42.1 Å². The largest absolute Gasteiger partial charge is 0.378 e. The third kappa shape index (κ3) is 4.99. The molecule has 2 amide bonds. The summed E-state index contributed by atoms with van der Waals surface area (Å²) in [7, 11) is 0. The number of halogens is 2. The van der Waals surface area contributed by atoms with Crippen molar-refractivity contribution in [1.82, 2.24) is 9.78 Å². The summed E-state index contributed by atoms with van der Waals surface area (Å²) in [4.78, 5) is 14.8. The van der Waals surface area contributed by atoms with Gasteiger partial charge in [0.05, 0.1) is 29.6 Å². The van der Waals surface area contributed by atoms with Gasteiger partial charge in [-0.15, -0.1) is 0 Å². The van der Waals surface area contributed by atoms with Crippen molar-refractivity contribution in [2.45, 2.75) is 0 Å². The highest BCUT2D eigenvalue weighted by atomic mass is 79.9. The monoisotopic (exact) mass is 500 g/mol. The Morgan fingerprint density at radius 2 is 1.84 bits per heavy atom. The van der Waals surface area contributed by atoms with E-state index in [1.54, 1.807) is 36.5 Å². The minimum atomic E-state index is -0.389. The minimum absolute atomic E-state index is 0.389. The molecule has 8 nitrogen and oxygen atoms in total. The Hall–Kier alpha value is -3.06. The summed E-state index contributed by atoms with van der Waals surface area (Å²) >= 11 is 9.36. The van der Waals surface area contributed by atoms with Gasteiger partial charge in [-0.05, 0) is 58.4 Å². The lowest BCUT2D eigenvalue weighted by Crippen LogP contribution is -2.36. The Balaban J connectivity index is 1.65. The molecule has 0 radical (unpaired) electrons. The fourth-order valence-corrected chi connectivity index (χ4v) is 3.93. The third-order valence-electron chi connectivity index (χ3n) is 4.75. The number of urea groups is 1. The molecule has 1 aliphatic heterocycles. The highest BCUT2D eigenvalue weighted by molar-refractivity contribution is 9.10. The molecule has 3 aromatic rings. The summed E-state index contributed by atoms with van der Waals surface area (Å²) in [6.07, 6.45) is 3.61. The van der Waals surface area contributed by atoms with Crippen molar-refractivity contribution in [3.05, 3.63) is 58.2 Å². The number of anilines is 3. The van der Waals surface area contributed by atoms with Crippen LogP contribution in [0, 0.1) is 11.5 Å². The second-order valence-corrected chi connectivity index (χ2v) is 8.10. The summed E-state index contributed by atoms with van der Waals surface area (Å²) in [5.41, 5.74) is 3.48. The molecular weight excluding hydrogens is 484 g/mol. The molecule has 158 valence electrons. The number of carbonyl (C=O) groups is 1. The summed E-state index contributed by atoms with van der Waals surface area (Å²) in [5, 5.41) is 19.7. The third-order valence-corrected chi connectivity index (χ3v) is 5.58. The Morgan fingerprint density at radius 1 is 1.13 bits per heavy atom. The number of hydrogen-bond acceptors (Lipinski definition) is 5. The Labute approximate surface area is 192 Å². The van der Waals surface area contributed by atoms with E-state index in [-0.39, 0.29) is 6.03 Å². The van der Waals surface area contributed by atoms with E-state index in [1.165, 1.54) is 4.68 Å². The maximum atomic E-state index is 12.6. The first-order chi connectivity index (χ1) is 15.0. The molecule has 0 spiro atoms. The van der Waals surface area contributed by atoms with Crippen LogP contribution in [0.25, 0.3) is 11.3 Å². The number of nitrogens with zero attached hydrogens (tertiary/aromatic N) is 4. The van der Waals surface area contributed by atoms with Gasteiger partial charge in [0.1, 0.15) is 0 Å². The molecule has 10 heteroatoms. The number of nitriles is 1. The molecule has 1 aliphatic rings. The van der Waals surface area contributed by atoms with E-state index >= 15 is 0 Å². The fourth-order valence-electron chi connectivity index (χ4n) is 3.32. The number of carbonyl (C=O) groups excluding carboxylic acids is 1. The first-order valence-corrected chi connectivity index (χ1v) is 10.7. The van der Waals surface area contributed by atoms with E-state index in [9.17, 15) is 10.1 Å². The first-order valence-electron chi connectivity index (χ1n) is 9.49. The SMILES string of the molecule is N#Cn1ncc(Br)c1-c1cc(NC(=O)Nc2ccc(Cl)cc2)cc(N2CCOCC2)c1. The van der Waals surface area contributed by atoms with Crippen molar-refractivity contribution in [3.8, 4) is 17.5 Å². The van der Waals surface area contributed by atoms with Gasteiger partial charge in [0, 0.05) is 40.7 Å². The number of ether oxygens (including phenoxy) is 1. The molecule has 1 fully saturated rings. The summed E-state index contributed by atoms with van der Waals surface area (Å²) < 4.78 is 7.37. The molecule has 0 unspecified atom stereocenters. The van der Waals surface area contributed by atoms with Crippen molar-refractivity contribution in [2.24, 2.45) is 0 Å². The van der Waals surface area contributed by atoms with Gasteiger partial charge in [0.2, 0.25) is 6.19 Å². The molecule has 0 saturated carbocycles. The normalized spacial score (nSPS) is 13.5. The molecule has 2 heterocycles. The van der Waals surface area contributed by atoms with Gasteiger partial charge in [0.25, 0.3) is 0 Å². The van der Waals surface area contributed by atoms with E-state index in [1.807, 2.05) is 18.3 Å². The van der Waals surface area contributed by atoms with E-state index in [0.717, 1.165) is 24.3 Å². The van der Waals surface area contributed by atoms with Gasteiger partial charge in [-0.25, -0.2) is 4.79 Å². The molecule has 0 atom stereocenters. The lowest BCUT2D eigenvalue weighted by molar-refractivity contribution is 0.122. The van der Waals surface area contributed by atoms with E-state index < -0.39 is 0 Å². The van der Waals surface area contributed by atoms with Crippen LogP contribution in [0.3, 0.4) is 0 Å². The van der Waals surface area contributed by atoms with Crippen LogP contribution in [0.5, 0.6) is 0 Å². The number of nitrogens with one attached hydrogen (secondary N) is 2. The van der Waals surface area contributed by atoms with Crippen LogP contribution < -0.4 is 15.5 Å². The zero-order valence-corrected chi connectivity index (χ0v) is 18.7. The topological polar surface area (TPSA) is 95.2 Å². The Kier molecular flexibility index (Phi) is 6.42. The van der Waals surface area contributed by atoms with Crippen LogP contribution in [0.4, 0.5) is 21.9 Å². The zero-order chi connectivity index (χ0) is 21.8. The van der Waals surface area contributed by atoms with Crippen molar-refractivity contribution >= 4 is 50.6 Å². The lowest BCUT2D eigenvalue weighted by Gasteiger charge is -2.29. The lowest BCUT2D eigenvalue weighted by atomic mass is 10.1. The number of aromatic nitrogens is 2. The molecule has 2 N–H and O–H groups in total. The predicted molar refractivity (Wildman–Crippen MR) is 123 cm³/mol. The van der Waals surface area contributed by atoms with Gasteiger partial charge >= 0.3 is 6.03 Å². The molecule has 1 aromatic heterocycles. The summed E-state index contributed by atoms with van der Waals surface area (Å²) in [6, 6.07) is 12.1. The van der Waals surface area contributed by atoms with Crippen LogP contribution in [0.2, 0.25) is 5.02 Å². The fraction of sp³-hybridized carbons (Fsp3) is 0.190. The quantitative estimate of drug-likeness (QED) is 0.537. The molecule has 1 saturated heterocycles. The Bertz CT molecular complexity index is 1140. The maximum absolute atomic E-state index is 12.6. The van der Waals surface area contributed by atoms with Crippen LogP contribution in [0.1, 0.15) is 0 Å². The number of morpholine rings is 1. The smallest absolute Gasteiger partial charge is 0.323 e. The van der Waals surface area contributed by atoms with E-state index in [4.69, 9.17) is 16.3 Å². The minimum Gasteiger partial charge on any atom is -0.378 e. The van der Waals surface area contributed by atoms with Gasteiger partial charge in [-0.1, -0.05) is 11.6 Å². The molecule has 0 bridgehead atoms. The van der Waals surface area contributed by atoms with Gasteiger partial charge in [0.15, 0.2) is 0 Å². The predicted octanol–water partition coefficient (Wildman–Crippen LogP) is 4.78. The zero-order valence-electron chi connectivity index (χ0n) is 16.3. The highest BCUT2D eigenvalue weighted by Crippen LogP contribution is 2.34. The molecular formula is C21H18BrClN6O2. The number of rotatable bonds is 4. The number of amides is 2. The molecule has 31 heavy (non-hydrogen) atoms. The van der Waals surface area contributed by atoms with Crippen molar-refractivity contribution in [2.75, 3.05) is 41.8 Å². The van der Waals surface area contributed by atoms with Crippen molar-refractivity contribution in [3.63, 3.8) is 0 Å². The van der Waals surface area contributed by atoms with Crippen LogP contribution in [-0.2, 0) is 4.74 Å². The summed E-state index contributed by atoms with van der Waals surface area (Å²) in [5.74, 6) is 0.